The predicted octanol–water partition coefficient (Wildman–Crippen LogP) is -0.0395. The highest BCUT2D eigenvalue weighted by Gasteiger charge is 2.38. The highest BCUT2D eigenvalue weighted by Crippen LogP contribution is 2.18. The maximum Gasteiger partial charge on any atom is 0.244 e. The molecule has 3 heterocycles. The van der Waals surface area contributed by atoms with Gasteiger partial charge in [0.25, 0.3) is 0 Å². The van der Waals surface area contributed by atoms with Crippen LogP contribution in [-0.2, 0) is 16.1 Å². The molecular formula is C18H24N6O2. The number of benzene rings is 1. The number of hydrogen-bond donors (Lipinski definition) is 2. The molecule has 8 nitrogen and oxygen atoms in total. The van der Waals surface area contributed by atoms with E-state index in [-0.39, 0.29) is 23.9 Å². The van der Waals surface area contributed by atoms with Crippen LogP contribution < -0.4 is 10.9 Å². The molecule has 2 amide bonds. The minimum Gasteiger partial charge on any atom is -0.342 e. The van der Waals surface area contributed by atoms with Gasteiger partial charge in [-0.15, -0.1) is 0 Å². The Morgan fingerprint density at radius 1 is 1.27 bits per heavy atom. The van der Waals surface area contributed by atoms with Crippen molar-refractivity contribution in [3.63, 3.8) is 0 Å². The minimum atomic E-state index is -0.403. The Labute approximate surface area is 152 Å². The fourth-order valence-electron chi connectivity index (χ4n) is 3.81. The van der Waals surface area contributed by atoms with Gasteiger partial charge >= 0.3 is 0 Å². The van der Waals surface area contributed by atoms with Crippen molar-refractivity contribution in [2.45, 2.75) is 38.0 Å². The van der Waals surface area contributed by atoms with Crippen molar-refractivity contribution in [1.29, 1.82) is 0 Å². The van der Waals surface area contributed by atoms with E-state index in [4.69, 9.17) is 0 Å². The van der Waals surface area contributed by atoms with E-state index in [1.165, 1.54) is 0 Å². The number of imidazole rings is 1. The molecule has 1 aromatic heterocycles. The standard InChI is InChI=1S/C18H24N6O2/c1-12-17(25)22(2)7-8-24(12)18(26)15-9-13(20-21-15)10-23-11-19-14-5-3-4-6-16(14)23/h3-6,11-13,15,20-21H,7-10H2,1-2H3/t12-,13?,15?/m0/s1. The van der Waals surface area contributed by atoms with E-state index in [1.807, 2.05) is 30.6 Å². The fraction of sp³-hybridized carbons (Fsp3) is 0.500. The number of aromatic nitrogens is 2. The summed E-state index contributed by atoms with van der Waals surface area (Å²) >= 11 is 0. The highest BCUT2D eigenvalue weighted by atomic mass is 16.2. The van der Waals surface area contributed by atoms with Crippen molar-refractivity contribution >= 4 is 22.8 Å². The maximum absolute atomic E-state index is 12.9. The Balaban J connectivity index is 1.40. The molecule has 3 atom stereocenters. The summed E-state index contributed by atoms with van der Waals surface area (Å²) in [6, 6.07) is 7.42. The maximum atomic E-state index is 12.9. The monoisotopic (exact) mass is 356 g/mol. The molecule has 2 aromatic rings. The Bertz CT molecular complexity index is 834. The molecule has 2 fully saturated rings. The van der Waals surface area contributed by atoms with Crippen molar-refractivity contribution in [2.24, 2.45) is 0 Å². The lowest BCUT2D eigenvalue weighted by atomic mass is 10.1. The third-order valence-electron chi connectivity index (χ3n) is 5.38. The third-order valence-corrected chi connectivity index (χ3v) is 5.38. The number of piperazine rings is 1. The Morgan fingerprint density at radius 2 is 2.08 bits per heavy atom. The van der Waals surface area contributed by atoms with Gasteiger partial charge < -0.3 is 14.4 Å². The summed E-state index contributed by atoms with van der Waals surface area (Å²) in [7, 11) is 1.78. The summed E-state index contributed by atoms with van der Waals surface area (Å²) in [5.74, 6) is -0.0126. The largest absolute Gasteiger partial charge is 0.342 e. The predicted molar refractivity (Wildman–Crippen MR) is 97.0 cm³/mol. The molecule has 2 aliphatic heterocycles. The summed E-state index contributed by atoms with van der Waals surface area (Å²) in [6.45, 7) is 3.69. The van der Waals surface area contributed by atoms with Crippen LogP contribution in [0.1, 0.15) is 13.3 Å². The van der Waals surface area contributed by atoms with Crippen LogP contribution in [0.25, 0.3) is 11.0 Å². The van der Waals surface area contributed by atoms with Gasteiger partial charge in [-0.2, -0.15) is 0 Å². The van der Waals surface area contributed by atoms with E-state index in [9.17, 15) is 9.59 Å². The molecule has 2 saturated heterocycles. The van der Waals surface area contributed by atoms with E-state index in [2.05, 4.69) is 20.4 Å². The van der Waals surface area contributed by atoms with Crippen LogP contribution in [-0.4, -0.2) is 69.4 Å². The van der Waals surface area contributed by atoms with Crippen molar-refractivity contribution in [3.8, 4) is 0 Å². The zero-order valence-corrected chi connectivity index (χ0v) is 15.1. The average Bonchev–Trinajstić information content (AvgIpc) is 3.27. The van der Waals surface area contributed by atoms with Crippen molar-refractivity contribution in [1.82, 2.24) is 30.2 Å². The van der Waals surface area contributed by atoms with E-state index in [0.717, 1.165) is 17.6 Å². The summed E-state index contributed by atoms with van der Waals surface area (Å²) in [6.07, 6.45) is 2.52. The number of hydrazine groups is 1. The number of amides is 2. The van der Waals surface area contributed by atoms with Crippen LogP contribution in [0.5, 0.6) is 0 Å². The lowest BCUT2D eigenvalue weighted by molar-refractivity contribution is -0.150. The van der Waals surface area contributed by atoms with Gasteiger partial charge in [0.05, 0.1) is 17.4 Å². The SMILES string of the molecule is C[C@H]1C(=O)N(C)CCN1C(=O)C1CC(Cn2cnc3ccccc32)NN1. The molecule has 1 aromatic carbocycles. The van der Waals surface area contributed by atoms with Gasteiger partial charge in [-0.1, -0.05) is 12.1 Å². The number of hydrogen-bond acceptors (Lipinski definition) is 5. The molecule has 0 spiro atoms. The van der Waals surface area contributed by atoms with Crippen molar-refractivity contribution < 1.29 is 9.59 Å². The number of carbonyl (C=O) groups is 2. The first-order valence-corrected chi connectivity index (χ1v) is 9.01. The molecular weight excluding hydrogens is 332 g/mol. The van der Waals surface area contributed by atoms with Crippen LogP contribution in [0.4, 0.5) is 0 Å². The minimum absolute atomic E-state index is 0.00279. The summed E-state index contributed by atoms with van der Waals surface area (Å²) < 4.78 is 2.10. The third kappa shape index (κ3) is 2.95. The molecule has 0 radical (unpaired) electrons. The number of rotatable bonds is 3. The molecule has 0 aliphatic carbocycles. The first kappa shape index (κ1) is 17.0. The molecule has 138 valence electrons. The van der Waals surface area contributed by atoms with Crippen LogP contribution in [0.3, 0.4) is 0 Å². The molecule has 26 heavy (non-hydrogen) atoms. The second kappa shape index (κ2) is 6.69. The van der Waals surface area contributed by atoms with Crippen LogP contribution >= 0.6 is 0 Å². The van der Waals surface area contributed by atoms with Crippen LogP contribution in [0.15, 0.2) is 30.6 Å². The van der Waals surface area contributed by atoms with Gasteiger partial charge in [0, 0.05) is 32.7 Å². The highest BCUT2D eigenvalue weighted by molar-refractivity contribution is 5.90. The number of fused-ring (bicyclic) bond motifs is 1. The van der Waals surface area contributed by atoms with E-state index in [1.54, 1.807) is 23.8 Å². The zero-order chi connectivity index (χ0) is 18.3. The Morgan fingerprint density at radius 3 is 2.92 bits per heavy atom. The van der Waals surface area contributed by atoms with Gasteiger partial charge in [-0.05, 0) is 25.5 Å². The second-order valence-electron chi connectivity index (χ2n) is 7.13. The van der Waals surface area contributed by atoms with Gasteiger partial charge in [0.2, 0.25) is 11.8 Å². The molecule has 2 aliphatic rings. The Kier molecular flexibility index (Phi) is 4.37. The molecule has 0 saturated carbocycles. The van der Waals surface area contributed by atoms with E-state index >= 15 is 0 Å². The lowest BCUT2D eigenvalue weighted by Gasteiger charge is -2.38. The lowest BCUT2D eigenvalue weighted by Crippen LogP contribution is -2.59. The van der Waals surface area contributed by atoms with Gasteiger partial charge in [0.1, 0.15) is 12.1 Å². The summed E-state index contributed by atoms with van der Waals surface area (Å²) in [5, 5.41) is 0. The molecule has 2 N–H and O–H groups in total. The normalized spacial score (nSPS) is 26.7. The molecule has 4 rings (SSSR count). The molecule has 2 unspecified atom stereocenters. The number of likely N-dealkylation sites (N-methyl/N-ethyl adjacent to an activating group) is 1. The molecule has 8 heteroatoms. The summed E-state index contributed by atoms with van der Waals surface area (Å²) in [4.78, 5) is 32.8. The van der Waals surface area contributed by atoms with E-state index < -0.39 is 6.04 Å². The Hall–Kier alpha value is -2.45. The van der Waals surface area contributed by atoms with Crippen LogP contribution in [0.2, 0.25) is 0 Å². The van der Waals surface area contributed by atoms with Crippen LogP contribution in [0, 0.1) is 0 Å². The first-order chi connectivity index (χ1) is 12.5. The average molecular weight is 356 g/mol. The number of carbonyl (C=O) groups excluding carboxylic acids is 2. The zero-order valence-electron chi connectivity index (χ0n) is 15.1. The number of para-hydroxylation sites is 2. The van der Waals surface area contributed by atoms with E-state index in [0.29, 0.717) is 19.5 Å². The van der Waals surface area contributed by atoms with Gasteiger partial charge in [-0.25, -0.2) is 10.4 Å². The quantitative estimate of drug-likeness (QED) is 0.807. The topological polar surface area (TPSA) is 82.5 Å². The van der Waals surface area contributed by atoms with Gasteiger partial charge in [-0.3, -0.25) is 15.0 Å². The fourth-order valence-corrected chi connectivity index (χ4v) is 3.81. The smallest absolute Gasteiger partial charge is 0.244 e. The van der Waals surface area contributed by atoms with Crippen molar-refractivity contribution in [3.05, 3.63) is 30.6 Å². The number of nitrogens with zero attached hydrogens (tertiary/aromatic N) is 4. The molecule has 0 bridgehead atoms. The van der Waals surface area contributed by atoms with Gasteiger partial charge in [0.15, 0.2) is 0 Å². The summed E-state index contributed by atoms with van der Waals surface area (Å²) in [5.41, 5.74) is 8.39. The second-order valence-corrected chi connectivity index (χ2v) is 7.13. The first-order valence-electron chi connectivity index (χ1n) is 9.01. The number of nitrogens with one attached hydrogen (secondary N) is 2. The van der Waals surface area contributed by atoms with Crippen molar-refractivity contribution in [2.75, 3.05) is 20.1 Å².